The normalized spacial score (nSPS) is 9.89. The van der Waals surface area contributed by atoms with Gasteiger partial charge in [0.1, 0.15) is 5.84 Å². The Balaban J connectivity index is 2.65. The maximum atomic E-state index is 12.0. The zero-order valence-electron chi connectivity index (χ0n) is 10.9. The van der Waals surface area contributed by atoms with Crippen LogP contribution in [0.4, 0.5) is 10.5 Å². The Hall–Kier alpha value is -2.04. The number of nitrogens with zero attached hydrogens (tertiary/aromatic N) is 1. The second-order valence-electron chi connectivity index (χ2n) is 4.24. The fraction of sp³-hybridized carbons (Fsp3) is 0.385. The zero-order valence-corrected chi connectivity index (χ0v) is 10.9. The number of benzene rings is 1. The number of nitrogens with two attached hydrogens (primary N) is 1. The summed E-state index contributed by atoms with van der Waals surface area (Å²) in [6, 6.07) is 7.35. The van der Waals surface area contributed by atoms with Gasteiger partial charge in [-0.05, 0) is 25.5 Å². The minimum absolute atomic E-state index is 0.0116. The average Bonchev–Trinajstić information content (AvgIpc) is 2.31. The smallest absolute Gasteiger partial charge is 0.322 e. The number of aryl methyl sites for hydroxylation is 1. The van der Waals surface area contributed by atoms with Gasteiger partial charge in [-0.2, -0.15) is 0 Å². The molecule has 0 bridgehead atoms. The Kier molecular flexibility index (Phi) is 5.17. The SMILES string of the molecule is CCCN(CC(=N)N)C(=O)Nc1ccc(C)cc1. The average molecular weight is 248 g/mol. The number of anilines is 1. The van der Waals surface area contributed by atoms with Crippen molar-refractivity contribution in [2.75, 3.05) is 18.4 Å². The Morgan fingerprint density at radius 2 is 2.00 bits per heavy atom. The number of carbonyl (C=O) groups excluding carboxylic acids is 1. The summed E-state index contributed by atoms with van der Waals surface area (Å²) in [5.41, 5.74) is 7.22. The van der Waals surface area contributed by atoms with E-state index >= 15 is 0 Å². The number of carbonyl (C=O) groups is 1. The van der Waals surface area contributed by atoms with E-state index in [0.29, 0.717) is 6.54 Å². The topological polar surface area (TPSA) is 82.2 Å². The van der Waals surface area contributed by atoms with Crippen LogP contribution in [-0.2, 0) is 0 Å². The van der Waals surface area contributed by atoms with Gasteiger partial charge < -0.3 is 16.0 Å². The fourth-order valence-corrected chi connectivity index (χ4v) is 1.57. The standard InChI is InChI=1S/C13H20N4O/c1-3-8-17(9-12(14)15)13(18)16-11-6-4-10(2)5-7-11/h4-7H,3,8-9H2,1-2H3,(H3,14,15)(H,16,18). The predicted octanol–water partition coefficient (Wildman–Crippen LogP) is 2.17. The number of hydrogen-bond acceptors (Lipinski definition) is 2. The molecule has 0 aliphatic heterocycles. The highest BCUT2D eigenvalue weighted by Crippen LogP contribution is 2.09. The summed E-state index contributed by atoms with van der Waals surface area (Å²) in [6.07, 6.45) is 0.828. The molecular weight excluding hydrogens is 228 g/mol. The molecule has 0 saturated heterocycles. The summed E-state index contributed by atoms with van der Waals surface area (Å²) < 4.78 is 0. The van der Waals surface area contributed by atoms with Gasteiger partial charge in [-0.3, -0.25) is 5.41 Å². The van der Waals surface area contributed by atoms with E-state index in [9.17, 15) is 4.79 Å². The molecule has 0 spiro atoms. The molecule has 2 amide bonds. The quantitative estimate of drug-likeness (QED) is 0.551. The minimum atomic E-state index is -0.226. The summed E-state index contributed by atoms with van der Waals surface area (Å²) in [7, 11) is 0. The Bertz CT molecular complexity index is 414. The van der Waals surface area contributed by atoms with E-state index in [2.05, 4.69) is 5.32 Å². The van der Waals surface area contributed by atoms with Crippen LogP contribution in [0, 0.1) is 12.3 Å². The lowest BCUT2D eigenvalue weighted by atomic mass is 10.2. The molecule has 0 atom stereocenters. The molecular formula is C13H20N4O. The highest BCUT2D eigenvalue weighted by Gasteiger charge is 2.13. The molecule has 0 heterocycles. The molecule has 0 aliphatic rings. The van der Waals surface area contributed by atoms with Crippen molar-refractivity contribution in [1.82, 2.24) is 4.90 Å². The second kappa shape index (κ2) is 6.64. The van der Waals surface area contributed by atoms with Gasteiger partial charge in [0, 0.05) is 12.2 Å². The third-order valence-corrected chi connectivity index (χ3v) is 2.44. The van der Waals surface area contributed by atoms with E-state index in [1.54, 1.807) is 0 Å². The third-order valence-electron chi connectivity index (χ3n) is 2.44. The van der Waals surface area contributed by atoms with Gasteiger partial charge in [-0.1, -0.05) is 24.6 Å². The minimum Gasteiger partial charge on any atom is -0.386 e. The van der Waals surface area contributed by atoms with Crippen LogP contribution in [0.2, 0.25) is 0 Å². The van der Waals surface area contributed by atoms with Gasteiger partial charge in [0.05, 0.1) is 6.54 Å². The molecule has 0 unspecified atom stereocenters. The summed E-state index contributed by atoms with van der Waals surface area (Å²) in [5.74, 6) is -0.0116. The molecule has 0 aromatic heterocycles. The zero-order chi connectivity index (χ0) is 13.5. The van der Waals surface area contributed by atoms with E-state index < -0.39 is 0 Å². The highest BCUT2D eigenvalue weighted by molar-refractivity contribution is 5.92. The number of amides is 2. The van der Waals surface area contributed by atoms with Gasteiger partial charge in [-0.25, -0.2) is 4.79 Å². The Morgan fingerprint density at radius 1 is 1.39 bits per heavy atom. The molecule has 4 N–H and O–H groups in total. The first-order valence-electron chi connectivity index (χ1n) is 5.98. The number of amidine groups is 1. The summed E-state index contributed by atoms with van der Waals surface area (Å²) >= 11 is 0. The molecule has 0 fully saturated rings. The molecule has 0 saturated carbocycles. The summed E-state index contributed by atoms with van der Waals surface area (Å²) in [5, 5.41) is 10.1. The Labute approximate surface area is 107 Å². The van der Waals surface area contributed by atoms with E-state index in [1.807, 2.05) is 38.1 Å². The maximum absolute atomic E-state index is 12.0. The highest BCUT2D eigenvalue weighted by atomic mass is 16.2. The van der Waals surface area contributed by atoms with Crippen LogP contribution < -0.4 is 11.1 Å². The molecule has 1 aromatic carbocycles. The van der Waals surface area contributed by atoms with E-state index in [-0.39, 0.29) is 18.4 Å². The number of hydrogen-bond donors (Lipinski definition) is 3. The van der Waals surface area contributed by atoms with E-state index in [4.69, 9.17) is 11.1 Å². The monoisotopic (exact) mass is 248 g/mol. The number of urea groups is 1. The van der Waals surface area contributed by atoms with Crippen molar-refractivity contribution in [3.05, 3.63) is 29.8 Å². The van der Waals surface area contributed by atoms with Crippen LogP contribution in [-0.4, -0.2) is 29.9 Å². The third kappa shape index (κ3) is 4.45. The van der Waals surface area contributed by atoms with Crippen molar-refractivity contribution >= 4 is 17.6 Å². The Morgan fingerprint density at radius 3 is 2.50 bits per heavy atom. The lowest BCUT2D eigenvalue weighted by Crippen LogP contribution is -2.41. The lowest BCUT2D eigenvalue weighted by molar-refractivity contribution is 0.218. The first-order chi connectivity index (χ1) is 8.52. The maximum Gasteiger partial charge on any atom is 0.322 e. The largest absolute Gasteiger partial charge is 0.386 e. The van der Waals surface area contributed by atoms with Gasteiger partial charge >= 0.3 is 6.03 Å². The number of nitrogens with one attached hydrogen (secondary N) is 2. The number of rotatable bonds is 5. The molecule has 0 aliphatic carbocycles. The molecule has 18 heavy (non-hydrogen) atoms. The van der Waals surface area contributed by atoms with Crippen molar-refractivity contribution in [2.24, 2.45) is 5.73 Å². The summed E-state index contributed by atoms with van der Waals surface area (Å²) in [6.45, 7) is 4.71. The van der Waals surface area contributed by atoms with Crippen LogP contribution in [0.25, 0.3) is 0 Å². The van der Waals surface area contributed by atoms with E-state index in [0.717, 1.165) is 17.7 Å². The van der Waals surface area contributed by atoms with Crippen molar-refractivity contribution in [3.63, 3.8) is 0 Å². The molecule has 5 heteroatoms. The van der Waals surface area contributed by atoms with Crippen LogP contribution in [0.3, 0.4) is 0 Å². The van der Waals surface area contributed by atoms with Crippen LogP contribution >= 0.6 is 0 Å². The summed E-state index contributed by atoms with van der Waals surface area (Å²) in [4.78, 5) is 13.5. The molecule has 1 rings (SSSR count). The molecule has 0 radical (unpaired) electrons. The van der Waals surface area contributed by atoms with Crippen molar-refractivity contribution in [2.45, 2.75) is 20.3 Å². The molecule has 98 valence electrons. The lowest BCUT2D eigenvalue weighted by Gasteiger charge is -2.21. The van der Waals surface area contributed by atoms with Gasteiger partial charge in [0.25, 0.3) is 0 Å². The van der Waals surface area contributed by atoms with Crippen LogP contribution in [0.15, 0.2) is 24.3 Å². The predicted molar refractivity (Wildman–Crippen MR) is 74.0 cm³/mol. The first-order valence-corrected chi connectivity index (χ1v) is 5.98. The van der Waals surface area contributed by atoms with Crippen molar-refractivity contribution in [3.8, 4) is 0 Å². The molecule has 5 nitrogen and oxygen atoms in total. The van der Waals surface area contributed by atoms with Crippen molar-refractivity contribution < 1.29 is 4.79 Å². The second-order valence-corrected chi connectivity index (χ2v) is 4.24. The van der Waals surface area contributed by atoms with Gasteiger partial charge in [0.15, 0.2) is 0 Å². The fourth-order valence-electron chi connectivity index (χ4n) is 1.57. The van der Waals surface area contributed by atoms with Crippen LogP contribution in [0.5, 0.6) is 0 Å². The molecule has 1 aromatic rings. The van der Waals surface area contributed by atoms with Crippen molar-refractivity contribution in [1.29, 1.82) is 5.41 Å². The first kappa shape index (κ1) is 14.0. The van der Waals surface area contributed by atoms with Gasteiger partial charge in [0.2, 0.25) is 0 Å². The van der Waals surface area contributed by atoms with Gasteiger partial charge in [-0.15, -0.1) is 0 Å². The van der Waals surface area contributed by atoms with Crippen LogP contribution in [0.1, 0.15) is 18.9 Å². The van der Waals surface area contributed by atoms with E-state index in [1.165, 1.54) is 4.90 Å².